The molecular weight excluding hydrogens is 455 g/mol. The van der Waals surface area contributed by atoms with Crippen molar-refractivity contribution in [3.8, 4) is 0 Å². The highest BCUT2D eigenvalue weighted by Gasteiger charge is 2.24. The van der Waals surface area contributed by atoms with E-state index in [0.29, 0.717) is 32.2 Å². The van der Waals surface area contributed by atoms with Crippen molar-refractivity contribution in [2.75, 3.05) is 39.9 Å². The smallest absolute Gasteiger partial charge is 0.318 e. The Morgan fingerprint density at radius 3 is 2.68 bits per heavy atom. The summed E-state index contributed by atoms with van der Waals surface area (Å²) >= 11 is 3.36. The predicted octanol–water partition coefficient (Wildman–Crippen LogP) is 2.07. The molecule has 9 heteroatoms. The van der Waals surface area contributed by atoms with Gasteiger partial charge in [-0.25, -0.2) is 9.78 Å². The highest BCUT2D eigenvalue weighted by atomic mass is 127. The molecule has 0 bridgehead atoms. The summed E-state index contributed by atoms with van der Waals surface area (Å²) in [5, 5.41) is 5.88. The van der Waals surface area contributed by atoms with Crippen LogP contribution in [0.5, 0.6) is 0 Å². The monoisotopic (exact) mass is 480 g/mol. The molecule has 0 spiro atoms. The molecule has 2 heterocycles. The van der Waals surface area contributed by atoms with Crippen LogP contribution in [0.4, 0.5) is 4.79 Å². The zero-order valence-electron chi connectivity index (χ0n) is 14.8. The summed E-state index contributed by atoms with van der Waals surface area (Å²) in [6.07, 6.45) is 0. The number of morpholine rings is 1. The molecule has 2 rings (SSSR count). The third-order valence-corrected chi connectivity index (χ3v) is 5.87. The molecule has 0 aliphatic carbocycles. The van der Waals surface area contributed by atoms with Crippen LogP contribution < -0.4 is 5.32 Å². The maximum Gasteiger partial charge on any atom is 0.318 e. The van der Waals surface area contributed by atoms with Crippen molar-refractivity contribution in [1.29, 1.82) is 0 Å². The van der Waals surface area contributed by atoms with Crippen molar-refractivity contribution in [3.63, 3.8) is 0 Å². The number of hydrogen-bond acceptors (Lipinski definition) is 6. The Labute approximate surface area is 166 Å². The van der Waals surface area contributed by atoms with Crippen LogP contribution in [0, 0.1) is 0 Å². The van der Waals surface area contributed by atoms with E-state index in [1.54, 1.807) is 45.9 Å². The van der Waals surface area contributed by atoms with Gasteiger partial charge < -0.3 is 15.0 Å². The first-order valence-electron chi connectivity index (χ1n) is 8.32. The molecule has 1 N–H and O–H groups in total. The van der Waals surface area contributed by atoms with Gasteiger partial charge in [0, 0.05) is 60.6 Å². The first-order valence-corrected chi connectivity index (χ1v) is 10.3. The van der Waals surface area contributed by atoms with Gasteiger partial charge in [0.05, 0.1) is 30.5 Å². The van der Waals surface area contributed by atoms with Gasteiger partial charge in [-0.2, -0.15) is 0 Å². The van der Waals surface area contributed by atoms with Gasteiger partial charge in [0.25, 0.3) is 0 Å². The number of aromatic nitrogens is 1. The lowest BCUT2D eigenvalue weighted by molar-refractivity contribution is -0.111. The van der Waals surface area contributed by atoms with E-state index in [1.165, 1.54) is 0 Å². The molecule has 0 radical (unpaired) electrons. The van der Waals surface area contributed by atoms with Crippen molar-refractivity contribution in [1.82, 2.24) is 20.1 Å². The van der Waals surface area contributed by atoms with Gasteiger partial charge in [-0.05, 0) is 0 Å². The number of carbonyl (C=O) groups excluding carboxylic acids is 2. The van der Waals surface area contributed by atoms with Crippen molar-refractivity contribution in [2.24, 2.45) is 0 Å². The number of amides is 2. The molecule has 7 nitrogen and oxygen atoms in total. The summed E-state index contributed by atoms with van der Waals surface area (Å²) in [4.78, 5) is 32.6. The molecule has 2 amide bonds. The number of thiazole rings is 1. The number of ether oxygens (including phenoxy) is 1. The summed E-state index contributed by atoms with van der Waals surface area (Å²) in [5.41, 5.74) is 0.872. The van der Waals surface area contributed by atoms with Crippen molar-refractivity contribution in [2.45, 2.75) is 32.4 Å². The highest BCUT2D eigenvalue weighted by molar-refractivity contribution is 14.1. The lowest BCUT2D eigenvalue weighted by Crippen LogP contribution is -2.52. The molecule has 1 aromatic heterocycles. The van der Waals surface area contributed by atoms with Crippen LogP contribution in [0.2, 0.25) is 0 Å². The predicted molar refractivity (Wildman–Crippen MR) is 106 cm³/mol. The Kier molecular flexibility index (Phi) is 8.04. The van der Waals surface area contributed by atoms with Gasteiger partial charge in [-0.15, -0.1) is 11.3 Å². The van der Waals surface area contributed by atoms with Gasteiger partial charge in [0.15, 0.2) is 0 Å². The molecule has 25 heavy (non-hydrogen) atoms. The summed E-state index contributed by atoms with van der Waals surface area (Å²) in [5.74, 6) is 0.382. The molecule has 1 aliphatic heterocycles. The summed E-state index contributed by atoms with van der Waals surface area (Å²) < 4.78 is 5.25. The van der Waals surface area contributed by atoms with Crippen LogP contribution in [0.25, 0.3) is 0 Å². The lowest BCUT2D eigenvalue weighted by atomic mass is 10.2. The fourth-order valence-corrected chi connectivity index (χ4v) is 3.63. The molecule has 1 aromatic rings. The molecule has 1 aliphatic rings. The summed E-state index contributed by atoms with van der Waals surface area (Å²) in [6, 6.07) is -0.780. The molecular formula is C16H25IN4O3S. The fourth-order valence-electron chi connectivity index (χ4n) is 2.45. The molecule has 0 aromatic carbocycles. The Morgan fingerprint density at radius 1 is 1.44 bits per heavy atom. The third kappa shape index (κ3) is 6.46. The second-order valence-corrected chi connectivity index (χ2v) is 8.36. The van der Waals surface area contributed by atoms with Crippen molar-refractivity contribution >= 4 is 43.7 Å². The molecule has 0 saturated carbocycles. The zero-order chi connectivity index (χ0) is 18.4. The first kappa shape index (κ1) is 20.5. The normalized spacial score (nSPS) is 16.7. The maximum absolute atomic E-state index is 12.4. The molecule has 140 valence electrons. The van der Waals surface area contributed by atoms with Crippen molar-refractivity contribution < 1.29 is 14.3 Å². The lowest BCUT2D eigenvalue weighted by Gasteiger charge is -2.30. The number of urea groups is 1. The standard InChI is InChI=1S/C16H25IN4O3S/c1-11(2)15-18-12(10-25-15)8-20(3)16(23)19-13(14(17)22)9-21-4-6-24-7-5-21/h10-11,13H,4-9H2,1-3H3,(H,19,23). The van der Waals surface area contributed by atoms with E-state index in [4.69, 9.17) is 4.74 Å². The number of nitrogens with zero attached hydrogens (tertiary/aromatic N) is 3. The quantitative estimate of drug-likeness (QED) is 0.478. The van der Waals surface area contributed by atoms with Gasteiger partial charge in [-0.1, -0.05) is 13.8 Å². The number of carbonyl (C=O) groups is 2. The maximum atomic E-state index is 12.4. The van der Waals surface area contributed by atoms with Crippen LogP contribution in [0.3, 0.4) is 0 Å². The Morgan fingerprint density at radius 2 is 2.12 bits per heavy atom. The Balaban J connectivity index is 1.88. The fraction of sp³-hybridized carbons (Fsp3) is 0.688. The third-order valence-electron chi connectivity index (χ3n) is 3.93. The van der Waals surface area contributed by atoms with Crippen LogP contribution in [-0.4, -0.2) is 70.5 Å². The number of nitrogens with one attached hydrogen (secondary N) is 1. The van der Waals surface area contributed by atoms with E-state index in [9.17, 15) is 9.59 Å². The number of hydrogen-bond donors (Lipinski definition) is 1. The highest BCUT2D eigenvalue weighted by Crippen LogP contribution is 2.19. The van der Waals surface area contributed by atoms with Gasteiger partial charge in [0.1, 0.15) is 6.04 Å². The van der Waals surface area contributed by atoms with Gasteiger partial charge >= 0.3 is 6.03 Å². The van der Waals surface area contributed by atoms with Crippen molar-refractivity contribution in [3.05, 3.63) is 16.1 Å². The molecule has 1 unspecified atom stereocenters. The van der Waals surface area contributed by atoms with E-state index >= 15 is 0 Å². The topological polar surface area (TPSA) is 74.8 Å². The largest absolute Gasteiger partial charge is 0.379 e. The number of rotatable bonds is 7. The van der Waals surface area contributed by atoms with Crippen LogP contribution in [0.1, 0.15) is 30.5 Å². The minimum Gasteiger partial charge on any atom is -0.379 e. The van der Waals surface area contributed by atoms with E-state index in [1.807, 2.05) is 5.38 Å². The van der Waals surface area contributed by atoms with E-state index in [2.05, 4.69) is 29.0 Å². The second kappa shape index (κ2) is 9.79. The minimum absolute atomic E-state index is 0.0680. The SMILES string of the molecule is CC(C)c1nc(CN(C)C(=O)NC(CN2CCOCC2)C(=O)I)cs1. The van der Waals surface area contributed by atoms with E-state index in [-0.39, 0.29) is 9.82 Å². The van der Waals surface area contributed by atoms with E-state index < -0.39 is 6.04 Å². The second-order valence-electron chi connectivity index (χ2n) is 6.41. The van der Waals surface area contributed by atoms with Gasteiger partial charge in [0.2, 0.25) is 3.79 Å². The Hall–Kier alpha value is -0.780. The zero-order valence-corrected chi connectivity index (χ0v) is 17.8. The molecule has 1 saturated heterocycles. The van der Waals surface area contributed by atoms with E-state index in [0.717, 1.165) is 23.8 Å². The van der Waals surface area contributed by atoms with Crippen LogP contribution in [0.15, 0.2) is 5.38 Å². The molecule has 1 fully saturated rings. The summed E-state index contributed by atoms with van der Waals surface area (Å²) in [6.45, 7) is 8.03. The average molecular weight is 480 g/mol. The molecule has 1 atom stereocenters. The van der Waals surface area contributed by atoms with Crippen LogP contribution in [-0.2, 0) is 16.1 Å². The minimum atomic E-state index is -0.518. The average Bonchev–Trinajstić information content (AvgIpc) is 3.03. The van der Waals surface area contributed by atoms with Crippen LogP contribution >= 0.6 is 33.9 Å². The van der Waals surface area contributed by atoms with Gasteiger partial charge in [-0.3, -0.25) is 9.69 Å². The first-order chi connectivity index (χ1) is 11.9. The number of halogens is 1. The Bertz CT molecular complexity index is 590. The summed E-state index contributed by atoms with van der Waals surface area (Å²) in [7, 11) is 1.72.